The summed E-state index contributed by atoms with van der Waals surface area (Å²) in [7, 11) is 0. The summed E-state index contributed by atoms with van der Waals surface area (Å²) in [4.78, 5) is 8.11. The van der Waals surface area contributed by atoms with E-state index in [0.717, 1.165) is 25.3 Å². The first-order valence-corrected chi connectivity index (χ1v) is 6.38. The highest BCUT2D eigenvalue weighted by Crippen LogP contribution is 2.27. The fraction of sp³-hybridized carbons (Fsp3) is 0.545. The maximum atomic E-state index is 5.95. The Hall–Kier alpha value is -1.40. The molecule has 0 bridgehead atoms. The van der Waals surface area contributed by atoms with E-state index in [-0.39, 0.29) is 0 Å². The monoisotopic (exact) mass is 267 g/mol. The van der Waals surface area contributed by atoms with E-state index in [9.17, 15) is 0 Å². The third-order valence-electron chi connectivity index (χ3n) is 3.07. The summed E-state index contributed by atoms with van der Waals surface area (Å²) in [6.45, 7) is 2.79. The average molecular weight is 268 g/mol. The molecule has 3 rings (SSSR count). The van der Waals surface area contributed by atoms with Crippen LogP contribution >= 0.6 is 11.6 Å². The zero-order valence-electron chi connectivity index (χ0n) is 10.0. The van der Waals surface area contributed by atoms with Gasteiger partial charge in [0.25, 0.3) is 5.78 Å². The molecule has 1 aliphatic rings. The Morgan fingerprint density at radius 2 is 2.39 bits per heavy atom. The van der Waals surface area contributed by atoms with Crippen molar-refractivity contribution in [2.75, 3.05) is 11.9 Å². The molecule has 0 aliphatic heterocycles. The second kappa shape index (κ2) is 4.70. The van der Waals surface area contributed by atoms with E-state index in [1.54, 1.807) is 10.6 Å². The van der Waals surface area contributed by atoms with E-state index in [2.05, 4.69) is 20.4 Å². The van der Waals surface area contributed by atoms with Crippen molar-refractivity contribution < 1.29 is 4.74 Å². The van der Waals surface area contributed by atoms with Crippen molar-refractivity contribution in [2.45, 2.75) is 31.9 Å². The van der Waals surface area contributed by atoms with Crippen LogP contribution in [0.1, 0.15) is 19.8 Å². The fourth-order valence-electron chi connectivity index (χ4n) is 2.15. The van der Waals surface area contributed by atoms with Gasteiger partial charge < -0.3 is 10.1 Å². The first-order valence-electron chi connectivity index (χ1n) is 6.00. The molecular formula is C11H14ClN5O. The zero-order valence-corrected chi connectivity index (χ0v) is 10.8. The van der Waals surface area contributed by atoms with Crippen molar-refractivity contribution in [3.8, 4) is 0 Å². The molecule has 0 atom stereocenters. The summed E-state index contributed by atoms with van der Waals surface area (Å²) < 4.78 is 7.18. The molecular weight excluding hydrogens is 254 g/mol. The minimum absolute atomic E-state index is 0.371. The molecule has 7 heteroatoms. The predicted molar refractivity (Wildman–Crippen MR) is 67.9 cm³/mol. The van der Waals surface area contributed by atoms with E-state index in [1.807, 2.05) is 6.92 Å². The molecule has 0 radical (unpaired) electrons. The molecule has 2 heterocycles. The van der Waals surface area contributed by atoms with Gasteiger partial charge >= 0.3 is 0 Å². The maximum Gasteiger partial charge on any atom is 0.255 e. The van der Waals surface area contributed by atoms with Crippen molar-refractivity contribution in [3.05, 3.63) is 17.5 Å². The number of hydrogen-bond acceptors (Lipinski definition) is 5. The van der Waals surface area contributed by atoms with Crippen LogP contribution in [0.4, 0.5) is 5.82 Å². The maximum absolute atomic E-state index is 5.95. The van der Waals surface area contributed by atoms with Gasteiger partial charge in [-0.05, 0) is 19.8 Å². The van der Waals surface area contributed by atoms with Crippen molar-refractivity contribution in [1.82, 2.24) is 19.6 Å². The lowest BCUT2D eigenvalue weighted by Crippen LogP contribution is -2.41. The highest BCUT2D eigenvalue weighted by atomic mass is 35.5. The molecule has 2 aromatic rings. The Balaban J connectivity index is 1.73. The van der Waals surface area contributed by atoms with Gasteiger partial charge in [-0.1, -0.05) is 11.6 Å². The van der Waals surface area contributed by atoms with Crippen LogP contribution in [0.25, 0.3) is 5.78 Å². The Morgan fingerprint density at radius 3 is 3.17 bits per heavy atom. The Bertz CT molecular complexity index is 551. The van der Waals surface area contributed by atoms with E-state index < -0.39 is 0 Å². The number of ether oxygens (including phenoxy) is 1. The Labute approximate surface area is 109 Å². The smallest absolute Gasteiger partial charge is 0.255 e. The number of halogens is 1. The number of anilines is 1. The lowest BCUT2D eigenvalue weighted by Gasteiger charge is -2.35. The molecule has 1 saturated carbocycles. The highest BCUT2D eigenvalue weighted by Gasteiger charge is 2.30. The van der Waals surface area contributed by atoms with Crippen LogP contribution in [-0.2, 0) is 4.74 Å². The van der Waals surface area contributed by atoms with Gasteiger partial charge in [-0.15, -0.1) is 0 Å². The molecule has 0 spiro atoms. The van der Waals surface area contributed by atoms with Gasteiger partial charge in [0.1, 0.15) is 17.3 Å². The van der Waals surface area contributed by atoms with Crippen molar-refractivity contribution in [2.24, 2.45) is 0 Å². The van der Waals surface area contributed by atoms with Crippen LogP contribution in [0.5, 0.6) is 0 Å². The third kappa shape index (κ3) is 2.13. The molecule has 0 saturated heterocycles. The lowest BCUT2D eigenvalue weighted by molar-refractivity contribution is 0.00289. The third-order valence-corrected chi connectivity index (χ3v) is 3.26. The Kier molecular flexibility index (Phi) is 3.05. The summed E-state index contributed by atoms with van der Waals surface area (Å²) in [5, 5.41) is 7.93. The largest absolute Gasteiger partial charge is 0.378 e. The number of hydrogen-bond donors (Lipinski definition) is 1. The highest BCUT2D eigenvalue weighted by molar-refractivity contribution is 6.29. The predicted octanol–water partition coefficient (Wildman–Crippen LogP) is 1.76. The summed E-state index contributed by atoms with van der Waals surface area (Å²) in [5.41, 5.74) is 0. The fourth-order valence-corrected chi connectivity index (χ4v) is 2.33. The molecule has 1 N–H and O–H groups in total. The zero-order chi connectivity index (χ0) is 12.5. The molecule has 1 fully saturated rings. The number of aromatic nitrogens is 4. The minimum Gasteiger partial charge on any atom is -0.378 e. The Morgan fingerprint density at radius 1 is 1.56 bits per heavy atom. The SMILES string of the molecule is CCOC1CC(Nc2cc(Cl)nc3ncnn23)C1. The number of nitrogens with zero attached hydrogens (tertiary/aromatic N) is 4. The van der Waals surface area contributed by atoms with E-state index in [4.69, 9.17) is 16.3 Å². The van der Waals surface area contributed by atoms with E-state index >= 15 is 0 Å². The lowest BCUT2D eigenvalue weighted by atomic mass is 9.89. The quantitative estimate of drug-likeness (QED) is 0.855. The number of nitrogens with one attached hydrogen (secondary N) is 1. The van der Waals surface area contributed by atoms with Crippen LogP contribution < -0.4 is 5.32 Å². The average Bonchev–Trinajstić information content (AvgIpc) is 2.74. The van der Waals surface area contributed by atoms with Gasteiger partial charge in [0, 0.05) is 18.7 Å². The second-order valence-corrected chi connectivity index (χ2v) is 4.71. The van der Waals surface area contributed by atoms with Crippen LogP contribution in [0.2, 0.25) is 5.15 Å². The van der Waals surface area contributed by atoms with Gasteiger partial charge in [0.15, 0.2) is 0 Å². The van der Waals surface area contributed by atoms with Crippen molar-refractivity contribution >= 4 is 23.2 Å². The second-order valence-electron chi connectivity index (χ2n) is 4.33. The molecule has 6 nitrogen and oxygen atoms in total. The van der Waals surface area contributed by atoms with Gasteiger partial charge in [-0.2, -0.15) is 19.6 Å². The number of fused-ring (bicyclic) bond motifs is 1. The summed E-state index contributed by atoms with van der Waals surface area (Å²) >= 11 is 5.95. The first kappa shape index (κ1) is 11.7. The molecule has 1 aliphatic carbocycles. The molecule has 0 amide bonds. The normalized spacial score (nSPS) is 23.0. The van der Waals surface area contributed by atoms with Crippen LogP contribution in [-0.4, -0.2) is 38.3 Å². The molecule has 0 aromatic carbocycles. The molecule has 0 unspecified atom stereocenters. The van der Waals surface area contributed by atoms with E-state index in [1.165, 1.54) is 6.33 Å². The van der Waals surface area contributed by atoms with Crippen molar-refractivity contribution in [1.29, 1.82) is 0 Å². The van der Waals surface area contributed by atoms with Crippen LogP contribution in [0, 0.1) is 0 Å². The van der Waals surface area contributed by atoms with Gasteiger partial charge in [0.05, 0.1) is 6.10 Å². The minimum atomic E-state index is 0.371. The van der Waals surface area contributed by atoms with Crippen LogP contribution in [0.3, 0.4) is 0 Å². The molecule has 2 aromatic heterocycles. The summed E-state index contributed by atoms with van der Waals surface area (Å²) in [6.07, 6.45) is 3.85. The topological polar surface area (TPSA) is 64.3 Å². The summed E-state index contributed by atoms with van der Waals surface area (Å²) in [6, 6.07) is 2.16. The van der Waals surface area contributed by atoms with Crippen molar-refractivity contribution in [3.63, 3.8) is 0 Å². The molecule has 18 heavy (non-hydrogen) atoms. The van der Waals surface area contributed by atoms with Gasteiger partial charge in [0.2, 0.25) is 0 Å². The van der Waals surface area contributed by atoms with Gasteiger partial charge in [-0.25, -0.2) is 0 Å². The van der Waals surface area contributed by atoms with E-state index in [0.29, 0.717) is 23.1 Å². The molecule has 96 valence electrons. The summed E-state index contributed by atoms with van der Waals surface area (Å²) in [5.74, 6) is 1.33. The number of rotatable bonds is 4. The standard InChI is InChI=1S/C11H14ClN5O/c1-2-18-8-3-7(4-8)15-10-5-9(12)16-11-13-6-14-17(10)11/h5-8,15H,2-4H2,1H3. The first-order chi connectivity index (χ1) is 8.76. The van der Waals surface area contributed by atoms with Crippen LogP contribution in [0.15, 0.2) is 12.4 Å². The van der Waals surface area contributed by atoms with Gasteiger partial charge in [-0.3, -0.25) is 0 Å².